The third kappa shape index (κ3) is 4.26. The fourth-order valence-corrected chi connectivity index (χ4v) is 3.43. The predicted molar refractivity (Wildman–Crippen MR) is 97.8 cm³/mol. The van der Waals surface area contributed by atoms with Gasteiger partial charge in [0, 0.05) is 27.1 Å². The van der Waals surface area contributed by atoms with Gasteiger partial charge in [-0.2, -0.15) is 26.3 Å². The second kappa shape index (κ2) is 7.14. The zero-order valence-electron chi connectivity index (χ0n) is 13.4. The van der Waals surface area contributed by atoms with E-state index in [0.29, 0.717) is 25.8 Å². The molecule has 0 radical (unpaired) electrons. The smallest absolute Gasteiger partial charge is 0.263 e. The van der Waals surface area contributed by atoms with Gasteiger partial charge in [-0.1, -0.05) is 24.3 Å². The molecule has 8 heteroatoms. The summed E-state index contributed by atoms with van der Waals surface area (Å²) in [5.74, 6) is 0. The van der Waals surface area contributed by atoms with Gasteiger partial charge in [-0.3, -0.25) is 4.98 Å². The van der Waals surface area contributed by atoms with Crippen molar-refractivity contribution in [2.45, 2.75) is 12.4 Å². The van der Waals surface area contributed by atoms with Gasteiger partial charge in [0.1, 0.15) is 0 Å². The number of hydrogen-bond acceptors (Lipinski definition) is 1. The van der Waals surface area contributed by atoms with Crippen LogP contribution in [0.5, 0.6) is 0 Å². The molecule has 0 amide bonds. The Kier molecular flexibility index (Phi) is 5.20. The molecule has 1 aromatic heterocycles. The molecule has 1 nitrogen and oxygen atoms in total. The molecule has 0 unspecified atom stereocenters. The summed E-state index contributed by atoms with van der Waals surface area (Å²) in [5, 5.41) is 0. The maximum absolute atomic E-state index is 12.7. The maximum Gasteiger partial charge on any atom is 0.416 e. The van der Waals surface area contributed by atoms with Crippen molar-refractivity contribution in [2.24, 2.45) is 0 Å². The second-order valence-electron chi connectivity index (χ2n) is 5.70. The van der Waals surface area contributed by atoms with E-state index in [1.807, 2.05) is 22.6 Å². The van der Waals surface area contributed by atoms with E-state index < -0.39 is 23.5 Å². The molecule has 27 heavy (non-hydrogen) atoms. The van der Waals surface area contributed by atoms with Crippen molar-refractivity contribution in [1.29, 1.82) is 0 Å². The highest BCUT2D eigenvalue weighted by molar-refractivity contribution is 14.1. The predicted octanol–water partition coefficient (Wildman–Crippen LogP) is 7.06. The number of rotatable bonds is 2. The first-order valence-corrected chi connectivity index (χ1v) is 8.64. The van der Waals surface area contributed by atoms with E-state index in [1.54, 1.807) is 0 Å². The Labute approximate surface area is 164 Å². The van der Waals surface area contributed by atoms with Crippen LogP contribution in [-0.4, -0.2) is 4.98 Å². The summed E-state index contributed by atoms with van der Waals surface area (Å²) in [4.78, 5) is 4.09. The summed E-state index contributed by atoms with van der Waals surface area (Å²) in [6, 6.07) is 9.31. The third-order valence-electron chi connectivity index (χ3n) is 3.93. The van der Waals surface area contributed by atoms with Crippen LogP contribution in [0, 0.1) is 3.57 Å². The van der Waals surface area contributed by atoms with Gasteiger partial charge in [0.05, 0.1) is 11.1 Å². The zero-order chi connectivity index (χ0) is 19.8. The number of aromatic nitrogens is 1. The van der Waals surface area contributed by atoms with Crippen LogP contribution in [0.25, 0.3) is 22.3 Å². The molecule has 1 heterocycles. The molecule has 0 fully saturated rings. The molecule has 0 bridgehead atoms. The second-order valence-corrected chi connectivity index (χ2v) is 6.78. The van der Waals surface area contributed by atoms with Gasteiger partial charge in [0.2, 0.25) is 0 Å². The molecule has 0 N–H and O–H groups in total. The van der Waals surface area contributed by atoms with Gasteiger partial charge in [-0.15, -0.1) is 0 Å². The lowest BCUT2D eigenvalue weighted by Gasteiger charge is -2.12. The SMILES string of the molecule is FC(F)(F)c1ccc(-c2cncc(-c3ccc(C(F)(F)F)cc3)c2I)cc1. The van der Waals surface area contributed by atoms with Gasteiger partial charge < -0.3 is 0 Å². The molecular weight excluding hydrogens is 483 g/mol. The van der Waals surface area contributed by atoms with E-state index in [2.05, 4.69) is 4.98 Å². The van der Waals surface area contributed by atoms with Gasteiger partial charge >= 0.3 is 12.4 Å². The van der Waals surface area contributed by atoms with Crippen LogP contribution in [0.1, 0.15) is 11.1 Å². The minimum Gasteiger partial charge on any atom is -0.263 e. The van der Waals surface area contributed by atoms with Crippen LogP contribution >= 0.6 is 22.6 Å². The van der Waals surface area contributed by atoms with Crippen molar-refractivity contribution >= 4 is 22.6 Å². The van der Waals surface area contributed by atoms with Crippen molar-refractivity contribution in [1.82, 2.24) is 4.98 Å². The van der Waals surface area contributed by atoms with Crippen molar-refractivity contribution in [3.8, 4) is 22.3 Å². The van der Waals surface area contributed by atoms with Crippen LogP contribution in [0.2, 0.25) is 0 Å². The van der Waals surface area contributed by atoms with Crippen LogP contribution < -0.4 is 0 Å². The number of halogens is 7. The standard InChI is InChI=1S/C19H10F6IN/c20-18(21,22)13-5-1-11(2-6-13)15-9-27-10-16(17(15)26)12-3-7-14(8-4-12)19(23,24)25/h1-10H. The highest BCUT2D eigenvalue weighted by atomic mass is 127. The molecule has 0 aliphatic rings. The van der Waals surface area contributed by atoms with E-state index in [0.717, 1.165) is 24.3 Å². The molecule has 0 saturated carbocycles. The monoisotopic (exact) mass is 493 g/mol. The van der Waals surface area contributed by atoms with Crippen LogP contribution in [-0.2, 0) is 12.4 Å². The van der Waals surface area contributed by atoms with Crippen molar-refractivity contribution in [3.63, 3.8) is 0 Å². The Bertz CT molecular complexity index is 868. The molecule has 3 rings (SSSR count). The summed E-state index contributed by atoms with van der Waals surface area (Å²) in [6.45, 7) is 0. The van der Waals surface area contributed by atoms with E-state index in [1.165, 1.54) is 36.7 Å². The van der Waals surface area contributed by atoms with Crippen LogP contribution in [0.3, 0.4) is 0 Å². The van der Waals surface area contributed by atoms with Gasteiger partial charge in [0.25, 0.3) is 0 Å². The average molecular weight is 493 g/mol. The molecule has 3 aromatic rings. The topological polar surface area (TPSA) is 12.9 Å². The summed E-state index contributed by atoms with van der Waals surface area (Å²) in [5.41, 5.74) is 0.756. The highest BCUT2D eigenvalue weighted by Gasteiger charge is 2.31. The number of alkyl halides is 6. The normalized spacial score (nSPS) is 12.3. The quantitative estimate of drug-likeness (QED) is 0.275. The maximum atomic E-state index is 12.7. The first kappa shape index (κ1) is 19.7. The molecule has 0 aliphatic carbocycles. The third-order valence-corrected chi connectivity index (χ3v) is 5.09. The Hall–Kier alpha value is -2.10. The number of nitrogens with zero attached hydrogens (tertiary/aromatic N) is 1. The lowest BCUT2D eigenvalue weighted by Crippen LogP contribution is -2.04. The Morgan fingerprint density at radius 3 is 1.22 bits per heavy atom. The molecule has 0 saturated heterocycles. The summed E-state index contributed by atoms with van der Waals surface area (Å²) < 4.78 is 76.9. The van der Waals surface area contributed by atoms with E-state index in [4.69, 9.17) is 0 Å². The fraction of sp³-hybridized carbons (Fsp3) is 0.105. The molecule has 140 valence electrons. The Morgan fingerprint density at radius 1 is 0.593 bits per heavy atom. The summed E-state index contributed by atoms with van der Waals surface area (Å²) >= 11 is 2.01. The van der Waals surface area contributed by atoms with E-state index in [-0.39, 0.29) is 0 Å². The van der Waals surface area contributed by atoms with E-state index in [9.17, 15) is 26.3 Å². The van der Waals surface area contributed by atoms with Gasteiger partial charge in [-0.05, 0) is 58.0 Å². The molecular formula is C19H10F6IN. The van der Waals surface area contributed by atoms with Crippen LogP contribution in [0.15, 0.2) is 60.9 Å². The number of pyridine rings is 1. The fourth-order valence-electron chi connectivity index (χ4n) is 2.52. The summed E-state index contributed by atoms with van der Waals surface area (Å²) in [7, 11) is 0. The minimum atomic E-state index is -4.42. The zero-order valence-corrected chi connectivity index (χ0v) is 15.5. The number of hydrogen-bond donors (Lipinski definition) is 0. The first-order valence-electron chi connectivity index (χ1n) is 7.56. The van der Waals surface area contributed by atoms with Gasteiger partial charge in [-0.25, -0.2) is 0 Å². The largest absolute Gasteiger partial charge is 0.416 e. The Morgan fingerprint density at radius 2 is 0.926 bits per heavy atom. The molecule has 2 aromatic carbocycles. The van der Waals surface area contributed by atoms with Crippen LogP contribution in [0.4, 0.5) is 26.3 Å². The van der Waals surface area contributed by atoms with E-state index >= 15 is 0 Å². The lowest BCUT2D eigenvalue weighted by molar-refractivity contribution is -0.138. The van der Waals surface area contributed by atoms with Gasteiger partial charge in [0.15, 0.2) is 0 Å². The molecule has 0 atom stereocenters. The average Bonchev–Trinajstić information content (AvgIpc) is 2.61. The minimum absolute atomic E-state index is 0.536. The summed E-state index contributed by atoms with van der Waals surface area (Å²) in [6.07, 6.45) is -5.83. The highest BCUT2D eigenvalue weighted by Crippen LogP contribution is 2.36. The molecule has 0 aliphatic heterocycles. The van der Waals surface area contributed by atoms with Crippen molar-refractivity contribution < 1.29 is 26.3 Å². The van der Waals surface area contributed by atoms with Crippen molar-refractivity contribution in [2.75, 3.05) is 0 Å². The Balaban J connectivity index is 1.99. The number of benzene rings is 2. The lowest BCUT2D eigenvalue weighted by atomic mass is 10.0. The molecule has 0 spiro atoms. The first-order chi connectivity index (χ1) is 12.6. The van der Waals surface area contributed by atoms with Crippen molar-refractivity contribution in [3.05, 3.63) is 75.6 Å².